The van der Waals surface area contributed by atoms with Gasteiger partial charge < -0.3 is 15.6 Å². The average Bonchev–Trinajstić information content (AvgIpc) is 2.77. The van der Waals surface area contributed by atoms with Crippen molar-refractivity contribution in [1.82, 2.24) is 14.9 Å². The van der Waals surface area contributed by atoms with E-state index in [1.54, 1.807) is 0 Å². The van der Waals surface area contributed by atoms with Crippen molar-refractivity contribution in [2.45, 2.75) is 13.1 Å². The molecule has 0 bridgehead atoms. The first-order valence-corrected chi connectivity index (χ1v) is 6.08. The number of nitrogen functional groups attached to an aromatic ring is 1. The summed E-state index contributed by atoms with van der Waals surface area (Å²) in [5, 5.41) is 3.36. The van der Waals surface area contributed by atoms with E-state index >= 15 is 0 Å². The van der Waals surface area contributed by atoms with E-state index in [-0.39, 0.29) is 0 Å². The lowest BCUT2D eigenvalue weighted by Crippen LogP contribution is -2.28. The zero-order valence-electron chi connectivity index (χ0n) is 10.2. The smallest absolute Gasteiger partial charge is 0.141 e. The van der Waals surface area contributed by atoms with Gasteiger partial charge in [-0.3, -0.25) is 0 Å². The Hall–Kier alpha value is -2.07. The number of nitrogens with two attached hydrogens (primary N) is 1. The van der Waals surface area contributed by atoms with Gasteiger partial charge in [-0.1, -0.05) is 18.7 Å². The first kappa shape index (κ1) is 11.0. The summed E-state index contributed by atoms with van der Waals surface area (Å²) < 4.78 is 2.25. The fourth-order valence-corrected chi connectivity index (χ4v) is 2.39. The van der Waals surface area contributed by atoms with Crippen LogP contribution >= 0.6 is 0 Å². The van der Waals surface area contributed by atoms with Crippen LogP contribution in [-0.4, -0.2) is 16.1 Å². The number of fused-ring (bicyclic) bond motifs is 1. The van der Waals surface area contributed by atoms with Crippen molar-refractivity contribution in [1.29, 1.82) is 0 Å². The highest BCUT2D eigenvalue weighted by Gasteiger charge is 2.18. The highest BCUT2D eigenvalue weighted by atomic mass is 15.2. The molecule has 0 saturated heterocycles. The zero-order chi connectivity index (χ0) is 12.5. The minimum Gasteiger partial charge on any atom is -0.399 e. The molecular weight excluding hydrogens is 224 g/mol. The van der Waals surface area contributed by atoms with E-state index in [0.29, 0.717) is 0 Å². The number of benzene rings is 1. The second kappa shape index (κ2) is 4.31. The minimum atomic E-state index is 0.763. The number of aromatic nitrogens is 2. The van der Waals surface area contributed by atoms with Gasteiger partial charge in [-0.15, -0.1) is 0 Å². The molecule has 1 aromatic carbocycles. The van der Waals surface area contributed by atoms with Gasteiger partial charge in [-0.2, -0.15) is 0 Å². The lowest BCUT2D eigenvalue weighted by Gasteiger charge is -2.18. The zero-order valence-corrected chi connectivity index (χ0v) is 10.2. The van der Waals surface area contributed by atoms with Crippen molar-refractivity contribution in [3.63, 3.8) is 0 Å². The lowest BCUT2D eigenvalue weighted by atomic mass is 10.2. The average molecular weight is 240 g/mol. The highest BCUT2D eigenvalue weighted by molar-refractivity contribution is 5.64. The largest absolute Gasteiger partial charge is 0.399 e. The van der Waals surface area contributed by atoms with Gasteiger partial charge in [-0.25, -0.2) is 4.98 Å². The maximum absolute atomic E-state index is 5.84. The predicted octanol–water partition coefficient (Wildman–Crippen LogP) is 1.88. The van der Waals surface area contributed by atoms with Crippen molar-refractivity contribution < 1.29 is 0 Å². The summed E-state index contributed by atoms with van der Waals surface area (Å²) in [6, 6.07) is 7.85. The number of imidazole rings is 1. The van der Waals surface area contributed by atoms with Gasteiger partial charge in [0.15, 0.2) is 0 Å². The molecule has 0 fully saturated rings. The van der Waals surface area contributed by atoms with E-state index in [4.69, 9.17) is 5.73 Å². The molecule has 1 aliphatic rings. The Balaban J connectivity index is 2.17. The third-order valence-electron chi connectivity index (χ3n) is 3.25. The fourth-order valence-electron chi connectivity index (χ4n) is 2.39. The van der Waals surface area contributed by atoms with Gasteiger partial charge in [0, 0.05) is 30.9 Å². The summed E-state index contributed by atoms with van der Waals surface area (Å²) in [6.07, 6.45) is 1.81. The molecule has 2 aromatic rings. The van der Waals surface area contributed by atoms with E-state index in [1.165, 1.54) is 5.69 Å². The number of hydrogen-bond acceptors (Lipinski definition) is 3. The Bertz CT molecular complexity index is 598. The van der Waals surface area contributed by atoms with Gasteiger partial charge in [-0.05, 0) is 18.2 Å². The van der Waals surface area contributed by atoms with E-state index in [9.17, 15) is 0 Å². The third-order valence-corrected chi connectivity index (χ3v) is 3.25. The number of anilines is 1. The van der Waals surface area contributed by atoms with Crippen molar-refractivity contribution in [3.05, 3.63) is 42.2 Å². The third kappa shape index (κ3) is 1.71. The Kier molecular flexibility index (Phi) is 2.64. The quantitative estimate of drug-likeness (QED) is 0.788. The first-order valence-electron chi connectivity index (χ1n) is 6.08. The van der Waals surface area contributed by atoms with Crippen LogP contribution in [0.25, 0.3) is 17.5 Å². The van der Waals surface area contributed by atoms with E-state index in [2.05, 4.69) is 21.4 Å². The molecule has 0 spiro atoms. The van der Waals surface area contributed by atoms with Crippen LogP contribution in [0.4, 0.5) is 5.69 Å². The number of nitrogens with zero attached hydrogens (tertiary/aromatic N) is 2. The summed E-state index contributed by atoms with van der Waals surface area (Å²) in [6.45, 7) is 6.58. The highest BCUT2D eigenvalue weighted by Crippen LogP contribution is 2.25. The molecular formula is C14H16N4. The van der Waals surface area contributed by atoms with Gasteiger partial charge in [0.2, 0.25) is 0 Å². The van der Waals surface area contributed by atoms with E-state index in [0.717, 1.165) is 42.4 Å². The monoisotopic (exact) mass is 240 g/mol. The molecule has 4 heteroatoms. The van der Waals surface area contributed by atoms with Crippen molar-refractivity contribution >= 4 is 11.8 Å². The predicted molar refractivity (Wildman–Crippen MR) is 73.9 cm³/mol. The Labute approximate surface area is 106 Å². The minimum absolute atomic E-state index is 0.763. The number of nitrogens with one attached hydrogen (secondary N) is 1. The molecule has 92 valence electrons. The van der Waals surface area contributed by atoms with Crippen LogP contribution in [0.3, 0.4) is 0 Å². The maximum atomic E-state index is 5.84. The summed E-state index contributed by atoms with van der Waals surface area (Å²) in [5.41, 5.74) is 9.83. The fraction of sp³-hybridized carbons (Fsp3) is 0.214. The number of hydrogen-bond donors (Lipinski definition) is 2. The van der Waals surface area contributed by atoms with Crippen LogP contribution < -0.4 is 11.1 Å². The topological polar surface area (TPSA) is 55.9 Å². The van der Waals surface area contributed by atoms with Gasteiger partial charge >= 0.3 is 0 Å². The second-order valence-corrected chi connectivity index (χ2v) is 4.43. The Morgan fingerprint density at radius 2 is 2.33 bits per heavy atom. The first-order chi connectivity index (χ1) is 8.79. The molecule has 0 radical (unpaired) electrons. The van der Waals surface area contributed by atoms with Crippen molar-refractivity contribution in [2.24, 2.45) is 0 Å². The standard InChI is InChI=1S/C14H16N4/c1-2-12-13-9-16-6-7-18(13)14(17-12)10-4-3-5-11(15)8-10/h2-5,8,16H,1,6-7,9,15H2. The van der Waals surface area contributed by atoms with Gasteiger partial charge in [0.25, 0.3) is 0 Å². The molecule has 0 amide bonds. The summed E-state index contributed by atoms with van der Waals surface area (Å²) in [5.74, 6) is 0.980. The molecule has 4 nitrogen and oxygen atoms in total. The molecule has 18 heavy (non-hydrogen) atoms. The molecule has 0 atom stereocenters. The summed E-state index contributed by atoms with van der Waals surface area (Å²) >= 11 is 0. The Morgan fingerprint density at radius 3 is 3.11 bits per heavy atom. The second-order valence-electron chi connectivity index (χ2n) is 4.43. The van der Waals surface area contributed by atoms with Crippen LogP contribution in [0.1, 0.15) is 11.4 Å². The van der Waals surface area contributed by atoms with E-state index < -0.39 is 0 Å². The normalized spacial score (nSPS) is 14.2. The van der Waals surface area contributed by atoms with Crippen molar-refractivity contribution in [2.75, 3.05) is 12.3 Å². The molecule has 3 N–H and O–H groups in total. The molecule has 1 aromatic heterocycles. The molecule has 0 aliphatic carbocycles. The van der Waals surface area contributed by atoms with Crippen LogP contribution in [0, 0.1) is 0 Å². The molecule has 2 heterocycles. The summed E-state index contributed by atoms with van der Waals surface area (Å²) in [7, 11) is 0. The Morgan fingerprint density at radius 1 is 1.44 bits per heavy atom. The van der Waals surface area contributed by atoms with Gasteiger partial charge in [0.05, 0.1) is 11.4 Å². The maximum Gasteiger partial charge on any atom is 0.141 e. The SMILES string of the molecule is C=Cc1nc(-c2cccc(N)c2)n2c1CNCC2. The van der Waals surface area contributed by atoms with Gasteiger partial charge in [0.1, 0.15) is 5.82 Å². The van der Waals surface area contributed by atoms with Crippen LogP contribution in [-0.2, 0) is 13.1 Å². The lowest BCUT2D eigenvalue weighted by molar-refractivity contribution is 0.519. The summed E-state index contributed by atoms with van der Waals surface area (Å²) in [4.78, 5) is 4.67. The molecule has 0 unspecified atom stereocenters. The van der Waals surface area contributed by atoms with E-state index in [1.807, 2.05) is 30.3 Å². The molecule has 1 aliphatic heterocycles. The van der Waals surface area contributed by atoms with Crippen LogP contribution in [0.5, 0.6) is 0 Å². The van der Waals surface area contributed by atoms with Crippen LogP contribution in [0.15, 0.2) is 30.8 Å². The molecule has 0 saturated carbocycles. The number of rotatable bonds is 2. The van der Waals surface area contributed by atoms with Crippen LogP contribution in [0.2, 0.25) is 0 Å². The molecule has 3 rings (SSSR count). The van der Waals surface area contributed by atoms with Crippen molar-refractivity contribution in [3.8, 4) is 11.4 Å².